The van der Waals surface area contributed by atoms with Gasteiger partial charge in [0.05, 0.1) is 4.88 Å². The molecule has 1 aromatic heterocycles. The maximum atomic E-state index is 14.2. The number of thiophene rings is 1. The smallest absolute Gasteiger partial charge is 0.271 e. The normalized spacial score (nSPS) is 16.5. The molecule has 0 bridgehead atoms. The fourth-order valence-electron chi connectivity index (χ4n) is 3.95. The Morgan fingerprint density at radius 2 is 1.85 bits per heavy atom. The molecule has 7 nitrogen and oxygen atoms in total. The minimum absolute atomic E-state index is 0.0292. The van der Waals surface area contributed by atoms with Crippen LogP contribution in [0.1, 0.15) is 41.7 Å². The van der Waals surface area contributed by atoms with Crippen molar-refractivity contribution in [3.63, 3.8) is 0 Å². The van der Waals surface area contributed by atoms with Gasteiger partial charge >= 0.3 is 0 Å². The number of hydrogen-bond acceptors (Lipinski definition) is 5. The van der Waals surface area contributed by atoms with Crippen molar-refractivity contribution in [2.24, 2.45) is 11.7 Å². The van der Waals surface area contributed by atoms with Crippen LogP contribution in [0, 0.1) is 11.7 Å². The van der Waals surface area contributed by atoms with E-state index in [1.807, 2.05) is 38.1 Å². The van der Waals surface area contributed by atoms with Crippen molar-refractivity contribution in [3.05, 3.63) is 82.8 Å². The fourth-order valence-corrected chi connectivity index (χ4v) is 4.95. The first-order valence-electron chi connectivity index (χ1n) is 10.9. The third-order valence-corrected chi connectivity index (χ3v) is 6.66. The first-order chi connectivity index (χ1) is 16.3. The van der Waals surface area contributed by atoms with Gasteiger partial charge in [-0.15, -0.1) is 11.3 Å². The zero-order chi connectivity index (χ0) is 24.4. The maximum Gasteiger partial charge on any atom is 0.271 e. The standard InChI is InChI=1S/C25H25FN4O3S/c1-14(2)11-18(22(27)31)30(25(33)21-12-15-7-3-6-10-20(15)34-21)19-13-28-23(29-24(19)32)16-8-4-5-9-17(16)26/h3-10,12-14,18,23,28H,11H2,1-2H3,(H2,27,31)(H,29,32)/t18-,23?/m0/s1. The molecule has 0 aliphatic carbocycles. The summed E-state index contributed by atoms with van der Waals surface area (Å²) in [7, 11) is 0. The van der Waals surface area contributed by atoms with Crippen LogP contribution in [0.25, 0.3) is 10.1 Å². The first-order valence-corrected chi connectivity index (χ1v) is 11.7. The van der Waals surface area contributed by atoms with Gasteiger partial charge in [-0.1, -0.05) is 50.2 Å². The maximum absolute atomic E-state index is 14.2. The van der Waals surface area contributed by atoms with E-state index < -0.39 is 35.7 Å². The molecule has 0 spiro atoms. The lowest BCUT2D eigenvalue weighted by atomic mass is 10.00. The number of nitrogens with one attached hydrogen (secondary N) is 2. The van der Waals surface area contributed by atoms with E-state index in [4.69, 9.17) is 5.73 Å². The number of nitrogens with zero attached hydrogens (tertiary/aromatic N) is 1. The molecule has 0 radical (unpaired) electrons. The molecule has 3 aromatic rings. The monoisotopic (exact) mass is 480 g/mol. The molecular weight excluding hydrogens is 455 g/mol. The topological polar surface area (TPSA) is 105 Å². The van der Waals surface area contributed by atoms with E-state index in [1.165, 1.54) is 23.6 Å². The third-order valence-electron chi connectivity index (χ3n) is 5.56. The van der Waals surface area contributed by atoms with E-state index in [-0.39, 0.29) is 23.6 Å². The molecule has 2 aromatic carbocycles. The minimum Gasteiger partial charge on any atom is -0.368 e. The van der Waals surface area contributed by atoms with Crippen molar-refractivity contribution >= 4 is 39.1 Å². The summed E-state index contributed by atoms with van der Waals surface area (Å²) in [6.07, 6.45) is 0.793. The predicted octanol–water partition coefficient (Wildman–Crippen LogP) is 3.64. The summed E-state index contributed by atoms with van der Waals surface area (Å²) in [6.45, 7) is 3.81. The molecule has 9 heteroatoms. The first kappa shape index (κ1) is 23.4. The SMILES string of the molecule is CC(C)C[C@@H](C(N)=O)N(C(=O)c1cc2ccccc2s1)C1=CNC(c2ccccc2F)NC1=O. The molecule has 0 saturated carbocycles. The zero-order valence-corrected chi connectivity index (χ0v) is 19.6. The minimum atomic E-state index is -1.04. The van der Waals surface area contributed by atoms with Crippen LogP contribution in [0.5, 0.6) is 0 Å². The summed E-state index contributed by atoms with van der Waals surface area (Å²) in [4.78, 5) is 40.9. The highest BCUT2D eigenvalue weighted by molar-refractivity contribution is 7.20. The second kappa shape index (κ2) is 9.64. The number of rotatable bonds is 7. The number of halogens is 1. The van der Waals surface area contributed by atoms with Crippen molar-refractivity contribution in [1.29, 1.82) is 0 Å². The highest BCUT2D eigenvalue weighted by Gasteiger charge is 2.38. The highest BCUT2D eigenvalue weighted by Crippen LogP contribution is 2.30. The molecule has 1 aliphatic heterocycles. The van der Waals surface area contributed by atoms with Gasteiger partial charge in [-0.05, 0) is 35.9 Å². The van der Waals surface area contributed by atoms with Gasteiger partial charge in [0.15, 0.2) is 0 Å². The summed E-state index contributed by atoms with van der Waals surface area (Å²) in [5, 5.41) is 6.51. The molecule has 34 heavy (non-hydrogen) atoms. The van der Waals surface area contributed by atoms with E-state index in [1.54, 1.807) is 24.3 Å². The van der Waals surface area contributed by atoms with Crippen LogP contribution in [-0.2, 0) is 9.59 Å². The van der Waals surface area contributed by atoms with Crippen LogP contribution in [0.4, 0.5) is 4.39 Å². The fraction of sp³-hybridized carbons (Fsp3) is 0.240. The van der Waals surface area contributed by atoms with Crippen molar-refractivity contribution < 1.29 is 18.8 Å². The van der Waals surface area contributed by atoms with Gasteiger partial charge in [0.25, 0.3) is 11.8 Å². The van der Waals surface area contributed by atoms with Gasteiger partial charge in [0.1, 0.15) is 23.7 Å². The quantitative estimate of drug-likeness (QED) is 0.480. The van der Waals surface area contributed by atoms with E-state index in [9.17, 15) is 18.8 Å². The zero-order valence-electron chi connectivity index (χ0n) is 18.7. The number of fused-ring (bicyclic) bond motifs is 1. The second-order valence-corrected chi connectivity index (χ2v) is 9.58. The molecule has 2 heterocycles. The van der Waals surface area contributed by atoms with Gasteiger partial charge in [0.2, 0.25) is 5.91 Å². The van der Waals surface area contributed by atoms with Gasteiger partial charge < -0.3 is 16.4 Å². The van der Waals surface area contributed by atoms with Gasteiger partial charge in [-0.3, -0.25) is 19.3 Å². The molecule has 1 aliphatic rings. The van der Waals surface area contributed by atoms with Crippen LogP contribution >= 0.6 is 11.3 Å². The lowest BCUT2D eigenvalue weighted by molar-refractivity contribution is -0.124. The molecule has 4 rings (SSSR count). The van der Waals surface area contributed by atoms with Crippen LogP contribution in [0.3, 0.4) is 0 Å². The molecule has 1 unspecified atom stereocenters. The van der Waals surface area contributed by atoms with Crippen LogP contribution in [0.2, 0.25) is 0 Å². The lowest BCUT2D eigenvalue weighted by Crippen LogP contribution is -2.54. The number of amides is 3. The molecule has 176 valence electrons. The third kappa shape index (κ3) is 4.65. The average Bonchev–Trinajstić information content (AvgIpc) is 3.24. The molecule has 4 N–H and O–H groups in total. The van der Waals surface area contributed by atoms with E-state index in [2.05, 4.69) is 10.6 Å². The number of carbonyl (C=O) groups is 3. The van der Waals surface area contributed by atoms with Crippen molar-refractivity contribution in [2.75, 3.05) is 0 Å². The number of benzene rings is 2. The van der Waals surface area contributed by atoms with E-state index in [0.717, 1.165) is 15.0 Å². The summed E-state index contributed by atoms with van der Waals surface area (Å²) in [5.74, 6) is -2.28. The Morgan fingerprint density at radius 1 is 1.15 bits per heavy atom. The van der Waals surface area contributed by atoms with E-state index >= 15 is 0 Å². The largest absolute Gasteiger partial charge is 0.368 e. The van der Waals surface area contributed by atoms with Crippen LogP contribution < -0.4 is 16.4 Å². The van der Waals surface area contributed by atoms with Crippen molar-refractivity contribution in [1.82, 2.24) is 15.5 Å². The lowest BCUT2D eigenvalue weighted by Gasteiger charge is -2.35. The summed E-state index contributed by atoms with van der Waals surface area (Å²) in [5.41, 5.74) is 5.90. The van der Waals surface area contributed by atoms with Crippen molar-refractivity contribution in [2.45, 2.75) is 32.5 Å². The second-order valence-electron chi connectivity index (χ2n) is 8.50. The number of primary amides is 1. The van der Waals surface area contributed by atoms with Crippen molar-refractivity contribution in [3.8, 4) is 0 Å². The molecule has 0 saturated heterocycles. The Labute approximate surface area is 200 Å². The van der Waals surface area contributed by atoms with Gasteiger partial charge in [0, 0.05) is 16.5 Å². The summed E-state index contributed by atoms with van der Waals surface area (Å²) in [6, 6.07) is 14.3. The molecule has 2 atom stereocenters. The van der Waals surface area contributed by atoms with E-state index in [0.29, 0.717) is 4.88 Å². The Morgan fingerprint density at radius 3 is 2.50 bits per heavy atom. The van der Waals surface area contributed by atoms with Crippen LogP contribution in [0.15, 0.2) is 66.5 Å². The Balaban J connectivity index is 1.74. The van der Waals surface area contributed by atoms with Gasteiger partial charge in [-0.25, -0.2) is 4.39 Å². The Kier molecular flexibility index (Phi) is 6.65. The van der Waals surface area contributed by atoms with Crippen LogP contribution in [-0.4, -0.2) is 28.7 Å². The molecule has 0 fully saturated rings. The van der Waals surface area contributed by atoms with Gasteiger partial charge in [-0.2, -0.15) is 0 Å². The molecular formula is C25H25FN4O3S. The highest BCUT2D eigenvalue weighted by atomic mass is 32.1. The average molecular weight is 481 g/mol. The Hall–Kier alpha value is -3.72. The summed E-state index contributed by atoms with van der Waals surface area (Å²) >= 11 is 1.27. The molecule has 3 amide bonds. The number of nitrogens with two attached hydrogens (primary N) is 1. The predicted molar refractivity (Wildman–Crippen MR) is 129 cm³/mol. The Bertz CT molecular complexity index is 1250. The number of carbonyl (C=O) groups excluding carboxylic acids is 3. The number of hydrogen-bond donors (Lipinski definition) is 3. The summed E-state index contributed by atoms with van der Waals surface area (Å²) < 4.78 is 15.2.